The van der Waals surface area contributed by atoms with Gasteiger partial charge in [-0.1, -0.05) is 42.5 Å². The molecule has 0 aliphatic carbocycles. The number of hydrogen-bond donors (Lipinski definition) is 3. The van der Waals surface area contributed by atoms with Crippen LogP contribution < -0.4 is 5.32 Å². The molecule has 0 aromatic heterocycles. The van der Waals surface area contributed by atoms with Gasteiger partial charge in [0, 0.05) is 30.6 Å². The molecular formula is C15H16N2O2. The van der Waals surface area contributed by atoms with Crippen LogP contribution in [0, 0.1) is 5.41 Å². The number of carboxylic acids is 1. The van der Waals surface area contributed by atoms with E-state index in [9.17, 15) is 4.79 Å². The van der Waals surface area contributed by atoms with E-state index in [0.717, 1.165) is 17.9 Å². The van der Waals surface area contributed by atoms with E-state index in [1.165, 1.54) is 6.08 Å². The largest absolute Gasteiger partial charge is 0.478 e. The van der Waals surface area contributed by atoms with Gasteiger partial charge in [0.1, 0.15) is 0 Å². The van der Waals surface area contributed by atoms with Gasteiger partial charge in [-0.2, -0.15) is 0 Å². The summed E-state index contributed by atoms with van der Waals surface area (Å²) in [5.41, 5.74) is 1.61. The molecule has 1 aromatic carbocycles. The third kappa shape index (κ3) is 6.63. The Balaban J connectivity index is 2.42. The van der Waals surface area contributed by atoms with E-state index in [0.29, 0.717) is 12.1 Å². The van der Waals surface area contributed by atoms with E-state index < -0.39 is 5.97 Å². The van der Waals surface area contributed by atoms with Gasteiger partial charge in [-0.3, -0.25) is 0 Å². The number of nitrogens with one attached hydrogen (secondary N) is 2. The lowest BCUT2D eigenvalue weighted by Crippen LogP contribution is -2.05. The Labute approximate surface area is 112 Å². The summed E-state index contributed by atoms with van der Waals surface area (Å²) >= 11 is 0. The van der Waals surface area contributed by atoms with Crippen LogP contribution in [-0.2, 0) is 4.79 Å². The van der Waals surface area contributed by atoms with Gasteiger partial charge in [-0.05, 0) is 11.6 Å². The normalized spacial score (nSPS) is 11.9. The van der Waals surface area contributed by atoms with E-state index in [-0.39, 0.29) is 0 Å². The van der Waals surface area contributed by atoms with Gasteiger partial charge >= 0.3 is 5.97 Å². The maximum Gasteiger partial charge on any atom is 0.328 e. The molecule has 0 spiro atoms. The van der Waals surface area contributed by atoms with E-state index in [1.807, 2.05) is 42.5 Å². The fraction of sp³-hybridized carbons (Fsp3) is 0.0667. The molecule has 0 aliphatic rings. The van der Waals surface area contributed by atoms with Crippen LogP contribution in [0.25, 0.3) is 6.08 Å². The second kappa shape index (κ2) is 8.47. The quantitative estimate of drug-likeness (QED) is 0.304. The van der Waals surface area contributed by atoms with E-state index in [1.54, 1.807) is 6.20 Å². The molecule has 0 bridgehead atoms. The zero-order chi connectivity index (χ0) is 13.9. The molecule has 4 heteroatoms. The molecule has 0 heterocycles. The second-order valence-electron chi connectivity index (χ2n) is 3.68. The van der Waals surface area contributed by atoms with E-state index in [2.05, 4.69) is 5.32 Å². The van der Waals surface area contributed by atoms with Crippen LogP contribution in [0.2, 0.25) is 0 Å². The Kier molecular flexibility index (Phi) is 6.44. The Hall–Kier alpha value is -2.62. The van der Waals surface area contributed by atoms with E-state index in [4.69, 9.17) is 10.5 Å². The summed E-state index contributed by atoms with van der Waals surface area (Å²) in [7, 11) is 0. The predicted molar refractivity (Wildman–Crippen MR) is 77.1 cm³/mol. The minimum Gasteiger partial charge on any atom is -0.478 e. The molecule has 4 nitrogen and oxygen atoms in total. The van der Waals surface area contributed by atoms with Gasteiger partial charge in [0.25, 0.3) is 0 Å². The highest BCUT2D eigenvalue weighted by atomic mass is 16.4. The molecule has 98 valence electrons. The minimum atomic E-state index is -1.03. The van der Waals surface area contributed by atoms with Crippen molar-refractivity contribution in [1.82, 2.24) is 5.32 Å². The van der Waals surface area contributed by atoms with Gasteiger partial charge in [0.2, 0.25) is 0 Å². The lowest BCUT2D eigenvalue weighted by molar-refractivity contribution is -0.131. The van der Waals surface area contributed by atoms with Gasteiger partial charge in [0.15, 0.2) is 0 Å². The molecule has 0 fully saturated rings. The number of allylic oxidation sites excluding steroid dienone is 2. The number of benzene rings is 1. The van der Waals surface area contributed by atoms with Gasteiger partial charge in [-0.15, -0.1) is 0 Å². The summed E-state index contributed by atoms with van der Waals surface area (Å²) in [5.74, 6) is -1.03. The van der Waals surface area contributed by atoms with Crippen molar-refractivity contribution in [3.63, 3.8) is 0 Å². The van der Waals surface area contributed by atoms with Crippen LogP contribution in [0.1, 0.15) is 5.56 Å². The fourth-order valence-electron chi connectivity index (χ4n) is 1.31. The summed E-state index contributed by atoms with van der Waals surface area (Å²) in [4.78, 5) is 10.3. The van der Waals surface area contributed by atoms with Crippen LogP contribution in [0.4, 0.5) is 0 Å². The third-order valence-electron chi connectivity index (χ3n) is 2.20. The van der Waals surface area contributed by atoms with Crippen molar-refractivity contribution >= 4 is 18.3 Å². The number of rotatable bonds is 7. The van der Waals surface area contributed by atoms with E-state index >= 15 is 0 Å². The highest BCUT2D eigenvalue weighted by Crippen LogP contribution is 2.00. The topological polar surface area (TPSA) is 73.2 Å². The zero-order valence-corrected chi connectivity index (χ0v) is 10.4. The molecule has 0 amide bonds. The molecule has 0 saturated carbocycles. The standard InChI is InChI=1S/C15H16N2O2/c16-11-14(8-9-15(18)19)12-17-10-4-7-13-5-2-1-3-6-13/h1-9,11-12,16-17H,10H2,(H,18,19)/b7-4+,9-8+,14-12-,16-11?. The molecule has 19 heavy (non-hydrogen) atoms. The van der Waals surface area contributed by atoms with Crippen molar-refractivity contribution in [2.75, 3.05) is 6.54 Å². The minimum absolute atomic E-state index is 0.496. The van der Waals surface area contributed by atoms with Gasteiger partial charge in [-0.25, -0.2) is 4.79 Å². The maximum atomic E-state index is 10.3. The molecule has 0 radical (unpaired) electrons. The lowest BCUT2D eigenvalue weighted by Gasteiger charge is -1.97. The monoisotopic (exact) mass is 256 g/mol. The molecule has 1 aromatic rings. The van der Waals surface area contributed by atoms with Crippen LogP contribution in [0.3, 0.4) is 0 Å². The molecular weight excluding hydrogens is 240 g/mol. The van der Waals surface area contributed by atoms with Crippen LogP contribution in [0.15, 0.2) is 60.3 Å². The smallest absolute Gasteiger partial charge is 0.328 e. The molecule has 0 saturated heterocycles. The first-order valence-corrected chi connectivity index (χ1v) is 5.79. The zero-order valence-electron chi connectivity index (χ0n) is 10.4. The van der Waals surface area contributed by atoms with Gasteiger partial charge in [0.05, 0.1) is 0 Å². The summed E-state index contributed by atoms with van der Waals surface area (Å²) < 4.78 is 0. The number of aliphatic carboxylic acids is 1. The lowest BCUT2D eigenvalue weighted by atomic mass is 10.2. The van der Waals surface area contributed by atoms with Crippen molar-refractivity contribution in [2.45, 2.75) is 0 Å². The average molecular weight is 256 g/mol. The molecule has 0 atom stereocenters. The number of hydrogen-bond acceptors (Lipinski definition) is 3. The maximum absolute atomic E-state index is 10.3. The van der Waals surface area contributed by atoms with Crippen LogP contribution in [0.5, 0.6) is 0 Å². The van der Waals surface area contributed by atoms with Crippen molar-refractivity contribution in [1.29, 1.82) is 5.41 Å². The van der Waals surface area contributed by atoms with Gasteiger partial charge < -0.3 is 15.8 Å². The van der Waals surface area contributed by atoms with Crippen molar-refractivity contribution in [3.05, 3.63) is 65.9 Å². The number of carboxylic acid groups (broad SMARTS) is 1. The van der Waals surface area contributed by atoms with Crippen molar-refractivity contribution < 1.29 is 9.90 Å². The summed E-state index contributed by atoms with van der Waals surface area (Å²) in [6, 6.07) is 9.91. The fourth-order valence-corrected chi connectivity index (χ4v) is 1.31. The van der Waals surface area contributed by atoms with Crippen LogP contribution >= 0.6 is 0 Å². The third-order valence-corrected chi connectivity index (χ3v) is 2.20. The highest BCUT2D eigenvalue weighted by molar-refractivity contribution is 5.85. The van der Waals surface area contributed by atoms with Crippen LogP contribution in [-0.4, -0.2) is 23.8 Å². The SMILES string of the molecule is N=CC(=C\NC/C=C/c1ccccc1)/C=C/C(=O)O. The summed E-state index contributed by atoms with van der Waals surface area (Å²) in [6.45, 7) is 0.604. The first-order valence-electron chi connectivity index (χ1n) is 5.79. The Morgan fingerprint density at radius 3 is 2.63 bits per heavy atom. The molecule has 1 rings (SSSR count). The highest BCUT2D eigenvalue weighted by Gasteiger charge is 1.89. The molecule has 0 unspecified atom stereocenters. The predicted octanol–water partition coefficient (Wildman–Crippen LogP) is 2.46. The molecule has 3 N–H and O–H groups in total. The Morgan fingerprint density at radius 1 is 1.26 bits per heavy atom. The number of carbonyl (C=O) groups is 1. The Bertz CT molecular complexity index is 502. The van der Waals surface area contributed by atoms with Crippen molar-refractivity contribution in [2.24, 2.45) is 0 Å². The Morgan fingerprint density at radius 2 is 2.00 bits per heavy atom. The molecule has 0 aliphatic heterocycles. The first kappa shape index (κ1) is 14.4. The van der Waals surface area contributed by atoms with Crippen molar-refractivity contribution in [3.8, 4) is 0 Å². The average Bonchev–Trinajstić information content (AvgIpc) is 2.42. The second-order valence-corrected chi connectivity index (χ2v) is 3.68. The summed E-state index contributed by atoms with van der Waals surface area (Å²) in [5, 5.41) is 18.6. The first-order chi connectivity index (χ1) is 9.22. The summed E-state index contributed by atoms with van der Waals surface area (Å²) in [6.07, 6.45) is 8.99.